The van der Waals surface area contributed by atoms with Crippen LogP contribution in [-0.2, 0) is 6.42 Å². The first kappa shape index (κ1) is 14.8. The maximum atomic E-state index is 10.8. The lowest BCUT2D eigenvalue weighted by atomic mass is 9.53. The minimum Gasteiger partial charge on any atom is -0.393 e. The van der Waals surface area contributed by atoms with E-state index in [0.29, 0.717) is 0 Å². The SMILES string of the molecule is CCCC[C@]12CC[C@@H]3c4ccccc4CC[C@H]3[C@@H]1CCC2O. The summed E-state index contributed by atoms with van der Waals surface area (Å²) in [6.45, 7) is 2.29. The summed E-state index contributed by atoms with van der Waals surface area (Å²) in [5.74, 6) is 2.38. The number of hydrogen-bond donors (Lipinski definition) is 1. The highest BCUT2D eigenvalue weighted by Gasteiger charge is 2.56. The molecule has 5 atom stereocenters. The van der Waals surface area contributed by atoms with Gasteiger partial charge in [0.1, 0.15) is 0 Å². The van der Waals surface area contributed by atoms with Gasteiger partial charge in [-0.15, -0.1) is 0 Å². The summed E-state index contributed by atoms with van der Waals surface area (Å²) in [6, 6.07) is 9.15. The number of fused-ring (bicyclic) bond motifs is 5. The molecule has 0 aliphatic heterocycles. The summed E-state index contributed by atoms with van der Waals surface area (Å²) < 4.78 is 0. The minimum atomic E-state index is -0.0258. The van der Waals surface area contributed by atoms with E-state index in [1.165, 1.54) is 51.4 Å². The third kappa shape index (κ3) is 2.08. The Balaban J connectivity index is 1.65. The highest BCUT2D eigenvalue weighted by molar-refractivity contribution is 5.35. The lowest BCUT2D eigenvalue weighted by molar-refractivity contribution is -0.0440. The first-order valence-corrected chi connectivity index (χ1v) is 9.52. The van der Waals surface area contributed by atoms with Crippen LogP contribution in [0, 0.1) is 17.3 Å². The number of hydrogen-bond acceptors (Lipinski definition) is 1. The van der Waals surface area contributed by atoms with Gasteiger partial charge in [0.25, 0.3) is 0 Å². The van der Waals surface area contributed by atoms with Gasteiger partial charge in [0.15, 0.2) is 0 Å². The van der Waals surface area contributed by atoms with E-state index in [2.05, 4.69) is 31.2 Å². The highest BCUT2D eigenvalue weighted by Crippen LogP contribution is 2.62. The molecule has 1 aromatic rings. The van der Waals surface area contributed by atoms with Gasteiger partial charge in [0, 0.05) is 0 Å². The summed E-state index contributed by atoms with van der Waals surface area (Å²) in [6.07, 6.45) is 11.3. The topological polar surface area (TPSA) is 20.2 Å². The van der Waals surface area contributed by atoms with E-state index in [-0.39, 0.29) is 11.5 Å². The van der Waals surface area contributed by atoms with Gasteiger partial charge in [-0.2, -0.15) is 0 Å². The first-order valence-electron chi connectivity index (χ1n) is 9.52. The van der Waals surface area contributed by atoms with Gasteiger partial charge in [0.2, 0.25) is 0 Å². The number of aliphatic hydroxyl groups excluding tert-OH is 1. The second-order valence-corrected chi connectivity index (χ2v) is 8.08. The fourth-order valence-electron chi connectivity index (χ4n) is 6.29. The van der Waals surface area contributed by atoms with Crippen molar-refractivity contribution in [1.29, 1.82) is 0 Å². The molecule has 0 bridgehead atoms. The van der Waals surface area contributed by atoms with E-state index in [4.69, 9.17) is 0 Å². The molecule has 1 unspecified atom stereocenters. The lowest BCUT2D eigenvalue weighted by Crippen LogP contribution is -2.45. The maximum Gasteiger partial charge on any atom is 0.0599 e. The van der Waals surface area contributed by atoms with Crippen LogP contribution in [0.3, 0.4) is 0 Å². The van der Waals surface area contributed by atoms with Crippen LogP contribution >= 0.6 is 0 Å². The number of benzene rings is 1. The smallest absolute Gasteiger partial charge is 0.0599 e. The fourth-order valence-corrected chi connectivity index (χ4v) is 6.29. The molecule has 4 rings (SSSR count). The summed E-state index contributed by atoms with van der Waals surface area (Å²) in [5, 5.41) is 10.8. The van der Waals surface area contributed by atoms with Crippen molar-refractivity contribution in [2.45, 2.75) is 76.7 Å². The third-order valence-corrected chi connectivity index (χ3v) is 7.30. The molecular formula is C21H30O. The molecule has 1 aromatic carbocycles. The summed E-state index contributed by atoms with van der Waals surface area (Å²) in [4.78, 5) is 0. The van der Waals surface area contributed by atoms with E-state index in [9.17, 15) is 5.11 Å². The van der Waals surface area contributed by atoms with Crippen molar-refractivity contribution in [3.05, 3.63) is 35.4 Å². The van der Waals surface area contributed by atoms with Gasteiger partial charge in [-0.25, -0.2) is 0 Å². The van der Waals surface area contributed by atoms with E-state index in [0.717, 1.165) is 24.2 Å². The van der Waals surface area contributed by atoms with Crippen molar-refractivity contribution in [2.75, 3.05) is 0 Å². The van der Waals surface area contributed by atoms with Gasteiger partial charge in [-0.1, -0.05) is 44.0 Å². The second kappa shape index (κ2) is 5.67. The van der Waals surface area contributed by atoms with Gasteiger partial charge in [-0.3, -0.25) is 0 Å². The fraction of sp³-hybridized carbons (Fsp3) is 0.714. The number of aliphatic hydroxyl groups is 1. The van der Waals surface area contributed by atoms with Crippen molar-refractivity contribution >= 4 is 0 Å². The summed E-state index contributed by atoms with van der Waals surface area (Å²) >= 11 is 0. The molecule has 0 heterocycles. The molecule has 1 N–H and O–H groups in total. The molecule has 0 aromatic heterocycles. The van der Waals surface area contributed by atoms with Gasteiger partial charge in [-0.05, 0) is 79.2 Å². The molecule has 2 fully saturated rings. The molecule has 0 amide bonds. The Morgan fingerprint density at radius 1 is 1.14 bits per heavy atom. The van der Waals surface area contributed by atoms with Crippen molar-refractivity contribution in [3.63, 3.8) is 0 Å². The predicted octanol–water partition coefficient (Wildman–Crippen LogP) is 5.07. The first-order chi connectivity index (χ1) is 10.8. The Kier molecular flexibility index (Phi) is 3.80. The van der Waals surface area contributed by atoms with Crippen LogP contribution < -0.4 is 0 Å². The van der Waals surface area contributed by atoms with Crippen LogP contribution in [0.1, 0.15) is 75.3 Å². The molecule has 120 valence electrons. The molecule has 3 aliphatic carbocycles. The largest absolute Gasteiger partial charge is 0.393 e. The molecule has 0 saturated heterocycles. The van der Waals surface area contributed by atoms with E-state index < -0.39 is 0 Å². The second-order valence-electron chi connectivity index (χ2n) is 8.08. The zero-order valence-corrected chi connectivity index (χ0v) is 13.9. The van der Waals surface area contributed by atoms with Gasteiger partial charge >= 0.3 is 0 Å². The van der Waals surface area contributed by atoms with Crippen LogP contribution in [0.2, 0.25) is 0 Å². The van der Waals surface area contributed by atoms with Crippen LogP contribution in [0.5, 0.6) is 0 Å². The molecule has 1 heteroatoms. The minimum absolute atomic E-state index is 0.0258. The zero-order chi connectivity index (χ0) is 15.2. The molecule has 2 saturated carbocycles. The average Bonchev–Trinajstić information content (AvgIpc) is 2.90. The quantitative estimate of drug-likeness (QED) is 0.825. The van der Waals surface area contributed by atoms with Crippen molar-refractivity contribution in [1.82, 2.24) is 0 Å². The standard InChI is InChI=1S/C21H30O/c1-2-3-13-21-14-12-17-16-7-5-4-6-15(16)8-9-18(17)19(21)10-11-20(21)22/h4-7,17-20,22H,2-3,8-14H2,1H3/t17-,18-,19+,20?,21+/m1/s1. The number of unbranched alkanes of at least 4 members (excludes halogenated alkanes) is 1. The molecule has 1 nitrogen and oxygen atoms in total. The van der Waals surface area contributed by atoms with Crippen LogP contribution in [0.4, 0.5) is 0 Å². The number of aryl methyl sites for hydroxylation is 1. The Morgan fingerprint density at radius 2 is 2.00 bits per heavy atom. The van der Waals surface area contributed by atoms with Crippen LogP contribution in [-0.4, -0.2) is 11.2 Å². The van der Waals surface area contributed by atoms with E-state index in [1.54, 1.807) is 11.1 Å². The molecular weight excluding hydrogens is 268 g/mol. The zero-order valence-electron chi connectivity index (χ0n) is 13.9. The number of rotatable bonds is 3. The Labute approximate surface area is 135 Å². The van der Waals surface area contributed by atoms with Crippen molar-refractivity contribution < 1.29 is 5.11 Å². The molecule has 0 spiro atoms. The molecule has 0 radical (unpaired) electrons. The van der Waals surface area contributed by atoms with Crippen LogP contribution in [0.25, 0.3) is 0 Å². The van der Waals surface area contributed by atoms with Crippen molar-refractivity contribution in [2.24, 2.45) is 17.3 Å². The maximum absolute atomic E-state index is 10.8. The normalized spacial score (nSPS) is 39.9. The Morgan fingerprint density at radius 3 is 2.86 bits per heavy atom. The molecule has 22 heavy (non-hydrogen) atoms. The van der Waals surface area contributed by atoms with E-state index in [1.807, 2.05) is 0 Å². The predicted molar refractivity (Wildman–Crippen MR) is 90.9 cm³/mol. The Bertz CT molecular complexity index is 536. The third-order valence-electron chi connectivity index (χ3n) is 7.30. The highest BCUT2D eigenvalue weighted by atomic mass is 16.3. The summed E-state index contributed by atoms with van der Waals surface area (Å²) in [5.41, 5.74) is 3.51. The van der Waals surface area contributed by atoms with Crippen molar-refractivity contribution in [3.8, 4) is 0 Å². The van der Waals surface area contributed by atoms with Gasteiger partial charge < -0.3 is 5.11 Å². The average molecular weight is 298 g/mol. The van der Waals surface area contributed by atoms with Gasteiger partial charge in [0.05, 0.1) is 6.10 Å². The van der Waals surface area contributed by atoms with Crippen LogP contribution in [0.15, 0.2) is 24.3 Å². The monoisotopic (exact) mass is 298 g/mol. The lowest BCUT2D eigenvalue weighted by Gasteiger charge is -2.52. The van der Waals surface area contributed by atoms with E-state index >= 15 is 0 Å². The summed E-state index contributed by atoms with van der Waals surface area (Å²) in [7, 11) is 0. The molecule has 3 aliphatic rings. The Hall–Kier alpha value is -0.820.